The van der Waals surface area contributed by atoms with E-state index in [0.29, 0.717) is 23.8 Å². The van der Waals surface area contributed by atoms with Crippen molar-refractivity contribution in [1.82, 2.24) is 0 Å². The Morgan fingerprint density at radius 3 is 2.30 bits per heavy atom. The van der Waals surface area contributed by atoms with E-state index in [4.69, 9.17) is 4.74 Å². The number of carbonyl (C=O) groups excluding carboxylic acids is 2. The molecule has 6 nitrogen and oxygen atoms in total. The molecule has 2 aliphatic rings. The number of hydrogen-bond donors (Lipinski definition) is 1. The Labute approximate surface area is 171 Å². The monoisotopic (exact) mass is 419 g/mol. The van der Waals surface area contributed by atoms with Crippen LogP contribution in [0, 0.1) is 0 Å². The summed E-state index contributed by atoms with van der Waals surface area (Å²) in [4.78, 5) is 28.0. The van der Waals surface area contributed by atoms with Crippen molar-refractivity contribution < 1.29 is 27.5 Å². The highest BCUT2D eigenvalue weighted by atomic mass is 19.4. The fourth-order valence-corrected chi connectivity index (χ4v) is 3.70. The Morgan fingerprint density at radius 2 is 1.63 bits per heavy atom. The van der Waals surface area contributed by atoms with Gasteiger partial charge in [0.25, 0.3) is 5.91 Å². The normalized spacial score (nSPS) is 20.0. The number of imide groups is 1. The summed E-state index contributed by atoms with van der Waals surface area (Å²) >= 11 is 0. The average molecular weight is 419 g/mol. The average Bonchev–Trinajstić information content (AvgIpc) is 3.01. The quantitative estimate of drug-likeness (QED) is 0.771. The Balaban J connectivity index is 1.50. The summed E-state index contributed by atoms with van der Waals surface area (Å²) in [7, 11) is 0. The van der Waals surface area contributed by atoms with Crippen molar-refractivity contribution in [3.63, 3.8) is 0 Å². The molecule has 2 amide bonds. The zero-order valence-corrected chi connectivity index (χ0v) is 16.0. The van der Waals surface area contributed by atoms with Crippen LogP contribution in [0.15, 0.2) is 48.5 Å². The zero-order valence-electron chi connectivity index (χ0n) is 16.0. The maximum Gasteiger partial charge on any atom is 0.418 e. The van der Waals surface area contributed by atoms with Crippen LogP contribution in [0.2, 0.25) is 0 Å². The molecule has 2 aromatic carbocycles. The van der Waals surface area contributed by atoms with Gasteiger partial charge in [-0.2, -0.15) is 13.2 Å². The van der Waals surface area contributed by atoms with Crippen LogP contribution in [0.25, 0.3) is 0 Å². The third-order valence-corrected chi connectivity index (χ3v) is 5.18. The summed E-state index contributed by atoms with van der Waals surface area (Å²) in [5.74, 6) is -1.37. The summed E-state index contributed by atoms with van der Waals surface area (Å²) in [6.07, 6.45) is -4.88. The molecule has 0 radical (unpaired) electrons. The second kappa shape index (κ2) is 7.98. The van der Waals surface area contributed by atoms with Crippen molar-refractivity contribution >= 4 is 28.9 Å². The van der Waals surface area contributed by atoms with Gasteiger partial charge in [0.2, 0.25) is 5.91 Å². The Kier molecular flexibility index (Phi) is 5.38. The molecule has 2 saturated heterocycles. The number of ether oxygens (including phenoxy) is 1. The van der Waals surface area contributed by atoms with Crippen LogP contribution in [0.4, 0.5) is 30.2 Å². The van der Waals surface area contributed by atoms with Gasteiger partial charge in [-0.15, -0.1) is 0 Å². The first-order valence-electron chi connectivity index (χ1n) is 9.57. The van der Waals surface area contributed by atoms with Gasteiger partial charge < -0.3 is 15.0 Å². The number of amides is 2. The number of nitrogens with zero attached hydrogens (tertiary/aromatic N) is 2. The minimum Gasteiger partial charge on any atom is -0.378 e. The number of nitrogens with one attached hydrogen (secondary N) is 1. The van der Waals surface area contributed by atoms with Crippen LogP contribution >= 0.6 is 0 Å². The number of rotatable bonds is 4. The molecule has 4 rings (SSSR count). The summed E-state index contributed by atoms with van der Waals surface area (Å²) in [6.45, 7) is 2.90. The highest BCUT2D eigenvalue weighted by molar-refractivity contribution is 6.23. The van der Waals surface area contributed by atoms with Crippen LogP contribution in [-0.4, -0.2) is 44.2 Å². The van der Waals surface area contributed by atoms with Crippen molar-refractivity contribution in [3.8, 4) is 0 Å². The lowest BCUT2D eigenvalue weighted by molar-refractivity contribution is -0.137. The SMILES string of the molecule is O=C1C[C@H](Nc2ccc(N3CCOCC3)cc2)C(=O)N1c1ccccc1C(F)(F)F. The van der Waals surface area contributed by atoms with Crippen molar-refractivity contribution in [2.75, 3.05) is 41.4 Å². The van der Waals surface area contributed by atoms with E-state index in [1.165, 1.54) is 12.1 Å². The minimum atomic E-state index is -4.67. The first-order chi connectivity index (χ1) is 14.3. The molecular weight excluding hydrogens is 399 g/mol. The molecule has 2 aliphatic heterocycles. The standard InChI is InChI=1S/C21H20F3N3O3/c22-21(23,24)16-3-1-2-4-18(16)27-19(28)13-17(20(27)29)25-14-5-7-15(8-6-14)26-9-11-30-12-10-26/h1-8,17,25H,9-13H2/t17-/m0/s1. The summed E-state index contributed by atoms with van der Waals surface area (Å²) in [5.41, 5.74) is 0.178. The first kappa shape index (κ1) is 20.2. The van der Waals surface area contributed by atoms with E-state index in [2.05, 4.69) is 10.2 Å². The van der Waals surface area contributed by atoms with Crippen molar-refractivity contribution in [3.05, 3.63) is 54.1 Å². The first-order valence-corrected chi connectivity index (χ1v) is 9.57. The van der Waals surface area contributed by atoms with Crippen molar-refractivity contribution in [2.45, 2.75) is 18.6 Å². The maximum atomic E-state index is 13.3. The van der Waals surface area contributed by atoms with Crippen molar-refractivity contribution in [1.29, 1.82) is 0 Å². The lowest BCUT2D eigenvalue weighted by Gasteiger charge is -2.29. The third-order valence-electron chi connectivity index (χ3n) is 5.18. The molecule has 0 aromatic heterocycles. The van der Waals surface area contributed by atoms with Crippen molar-refractivity contribution in [2.24, 2.45) is 0 Å². The van der Waals surface area contributed by atoms with E-state index in [9.17, 15) is 22.8 Å². The van der Waals surface area contributed by atoms with Crippen LogP contribution in [0.1, 0.15) is 12.0 Å². The lowest BCUT2D eigenvalue weighted by atomic mass is 10.1. The number of hydrogen-bond acceptors (Lipinski definition) is 5. The van der Waals surface area contributed by atoms with Crippen LogP contribution in [-0.2, 0) is 20.5 Å². The predicted octanol–water partition coefficient (Wildman–Crippen LogP) is 3.29. The second-order valence-electron chi connectivity index (χ2n) is 7.13. The van der Waals surface area contributed by atoms with Gasteiger partial charge in [0, 0.05) is 24.5 Å². The molecule has 2 fully saturated rings. The van der Waals surface area contributed by atoms with E-state index in [1.54, 1.807) is 12.1 Å². The highest BCUT2D eigenvalue weighted by Crippen LogP contribution is 2.38. The number of para-hydroxylation sites is 1. The molecule has 0 aliphatic carbocycles. The highest BCUT2D eigenvalue weighted by Gasteiger charge is 2.44. The van der Waals surface area contributed by atoms with Crippen LogP contribution in [0.5, 0.6) is 0 Å². The van der Waals surface area contributed by atoms with Gasteiger partial charge in [-0.3, -0.25) is 9.59 Å². The fourth-order valence-electron chi connectivity index (χ4n) is 3.70. The van der Waals surface area contributed by atoms with Gasteiger partial charge in [-0.1, -0.05) is 12.1 Å². The van der Waals surface area contributed by atoms with E-state index in [-0.39, 0.29) is 6.42 Å². The van der Waals surface area contributed by atoms with Crippen LogP contribution in [0.3, 0.4) is 0 Å². The maximum absolute atomic E-state index is 13.3. The number of benzene rings is 2. The number of halogens is 3. The molecule has 0 bridgehead atoms. The molecule has 30 heavy (non-hydrogen) atoms. The van der Waals surface area contributed by atoms with E-state index in [1.807, 2.05) is 12.1 Å². The molecule has 158 valence electrons. The number of carbonyl (C=O) groups is 2. The second-order valence-corrected chi connectivity index (χ2v) is 7.13. The topological polar surface area (TPSA) is 61.9 Å². The molecule has 1 N–H and O–H groups in total. The van der Waals surface area contributed by atoms with Gasteiger partial charge in [-0.05, 0) is 36.4 Å². The molecule has 0 spiro atoms. The summed E-state index contributed by atoms with van der Waals surface area (Å²) in [5, 5.41) is 2.97. The van der Waals surface area contributed by atoms with E-state index in [0.717, 1.165) is 30.9 Å². The van der Waals surface area contributed by atoms with E-state index >= 15 is 0 Å². The summed E-state index contributed by atoms with van der Waals surface area (Å²) < 4.78 is 45.3. The van der Waals surface area contributed by atoms with E-state index < -0.39 is 35.3 Å². The zero-order chi connectivity index (χ0) is 21.3. The largest absolute Gasteiger partial charge is 0.418 e. The Hall–Kier alpha value is -3.07. The number of morpholine rings is 1. The summed E-state index contributed by atoms with van der Waals surface area (Å²) in [6, 6.07) is 11.0. The van der Waals surface area contributed by atoms with Gasteiger partial charge in [0.05, 0.1) is 30.9 Å². The molecule has 9 heteroatoms. The van der Waals surface area contributed by atoms with Crippen LogP contribution < -0.4 is 15.1 Å². The Morgan fingerprint density at radius 1 is 0.967 bits per heavy atom. The van der Waals surface area contributed by atoms with Gasteiger partial charge in [-0.25, -0.2) is 4.90 Å². The van der Waals surface area contributed by atoms with Gasteiger partial charge in [0.15, 0.2) is 0 Å². The third kappa shape index (κ3) is 3.97. The van der Waals surface area contributed by atoms with Gasteiger partial charge in [0.1, 0.15) is 6.04 Å². The molecule has 2 heterocycles. The molecule has 2 aromatic rings. The van der Waals surface area contributed by atoms with Gasteiger partial charge >= 0.3 is 6.18 Å². The molecule has 0 unspecified atom stereocenters. The predicted molar refractivity (Wildman–Crippen MR) is 105 cm³/mol. The number of anilines is 3. The number of alkyl halides is 3. The fraction of sp³-hybridized carbons (Fsp3) is 0.333. The molecule has 1 atom stereocenters. The smallest absolute Gasteiger partial charge is 0.378 e. The minimum absolute atomic E-state index is 0.212. The Bertz CT molecular complexity index is 941. The molecule has 0 saturated carbocycles. The lowest BCUT2D eigenvalue weighted by Crippen LogP contribution is -2.36. The molecular formula is C21H20F3N3O3.